The van der Waals surface area contributed by atoms with E-state index in [1.165, 1.54) is 37.5 Å². The van der Waals surface area contributed by atoms with Crippen molar-refractivity contribution in [2.45, 2.75) is 18.9 Å². The molecule has 0 bridgehead atoms. The van der Waals surface area contributed by atoms with E-state index in [2.05, 4.69) is 10.3 Å². The van der Waals surface area contributed by atoms with Crippen LogP contribution < -0.4 is 5.32 Å². The minimum absolute atomic E-state index is 0.0118. The molecule has 1 heterocycles. The SMILES string of the molecule is CO[C@](C)(C(=O)Nc1nc(CCO)cs1)c1ccccc1F. The lowest BCUT2D eigenvalue weighted by atomic mass is 9.94. The van der Waals surface area contributed by atoms with Crippen molar-refractivity contribution in [2.75, 3.05) is 19.0 Å². The van der Waals surface area contributed by atoms with Gasteiger partial charge in [-0.25, -0.2) is 9.37 Å². The Morgan fingerprint density at radius 2 is 2.23 bits per heavy atom. The summed E-state index contributed by atoms with van der Waals surface area (Å²) < 4.78 is 19.3. The van der Waals surface area contributed by atoms with Crippen LogP contribution in [0.5, 0.6) is 0 Å². The van der Waals surface area contributed by atoms with Gasteiger partial charge < -0.3 is 9.84 Å². The predicted octanol–water partition coefficient (Wildman–Crippen LogP) is 2.32. The number of nitrogens with zero attached hydrogens (tertiary/aromatic N) is 1. The van der Waals surface area contributed by atoms with Gasteiger partial charge in [-0.15, -0.1) is 11.3 Å². The zero-order valence-electron chi connectivity index (χ0n) is 12.3. The molecule has 2 aromatic rings. The van der Waals surface area contributed by atoms with Crippen molar-refractivity contribution < 1.29 is 19.0 Å². The zero-order valence-corrected chi connectivity index (χ0v) is 13.1. The van der Waals surface area contributed by atoms with E-state index in [1.807, 2.05) is 0 Å². The third-order valence-electron chi connectivity index (χ3n) is 3.37. The molecule has 0 spiro atoms. The van der Waals surface area contributed by atoms with E-state index in [-0.39, 0.29) is 12.2 Å². The number of nitrogens with one attached hydrogen (secondary N) is 1. The molecule has 0 aliphatic rings. The Hall–Kier alpha value is -1.83. The van der Waals surface area contributed by atoms with Crippen LogP contribution in [0, 0.1) is 5.82 Å². The van der Waals surface area contributed by atoms with Crippen molar-refractivity contribution in [3.63, 3.8) is 0 Å². The Balaban J connectivity index is 2.22. The fraction of sp³-hybridized carbons (Fsp3) is 0.333. The zero-order chi connectivity index (χ0) is 16.2. The van der Waals surface area contributed by atoms with Gasteiger partial charge in [0.2, 0.25) is 0 Å². The van der Waals surface area contributed by atoms with Crippen LogP contribution in [-0.4, -0.2) is 29.7 Å². The average Bonchev–Trinajstić information content (AvgIpc) is 2.94. The molecule has 118 valence electrons. The number of halogens is 1. The van der Waals surface area contributed by atoms with E-state index in [1.54, 1.807) is 17.5 Å². The smallest absolute Gasteiger partial charge is 0.262 e. The molecular weight excluding hydrogens is 307 g/mol. The Kier molecular flexibility index (Phi) is 5.23. The molecular formula is C15H17FN2O3S. The fourth-order valence-corrected chi connectivity index (χ4v) is 2.72. The normalized spacial score (nSPS) is 13.6. The summed E-state index contributed by atoms with van der Waals surface area (Å²) in [5.41, 5.74) is -0.622. The number of hydrogen-bond donors (Lipinski definition) is 2. The summed E-state index contributed by atoms with van der Waals surface area (Å²) in [4.78, 5) is 16.7. The second-order valence-corrected chi connectivity index (χ2v) is 5.65. The van der Waals surface area contributed by atoms with Crippen molar-refractivity contribution >= 4 is 22.4 Å². The van der Waals surface area contributed by atoms with Gasteiger partial charge in [-0.1, -0.05) is 18.2 Å². The average molecular weight is 324 g/mol. The topological polar surface area (TPSA) is 71.5 Å². The minimum atomic E-state index is -1.46. The number of thiazole rings is 1. The number of hydrogen-bond acceptors (Lipinski definition) is 5. The standard InChI is InChI=1S/C15H17FN2O3S/c1-15(21-2,11-5-3-4-6-12(11)16)13(20)18-14-17-10(7-8-19)9-22-14/h3-6,9,19H,7-8H2,1-2H3,(H,17,18,20)/t15-/m0/s1. The van der Waals surface area contributed by atoms with Crippen LogP contribution in [0.25, 0.3) is 0 Å². The van der Waals surface area contributed by atoms with Gasteiger partial charge in [0.15, 0.2) is 10.7 Å². The summed E-state index contributed by atoms with van der Waals surface area (Å²) in [5.74, 6) is -1.02. The number of carbonyl (C=O) groups excluding carboxylic acids is 1. The molecule has 1 amide bonds. The molecule has 7 heteroatoms. The number of ether oxygens (including phenoxy) is 1. The predicted molar refractivity (Wildman–Crippen MR) is 82.3 cm³/mol. The Morgan fingerprint density at radius 3 is 2.86 bits per heavy atom. The first-order chi connectivity index (χ1) is 10.5. The van der Waals surface area contributed by atoms with E-state index >= 15 is 0 Å². The third-order valence-corrected chi connectivity index (χ3v) is 4.18. The van der Waals surface area contributed by atoms with Crippen molar-refractivity contribution in [3.8, 4) is 0 Å². The lowest BCUT2D eigenvalue weighted by molar-refractivity contribution is -0.137. The second-order valence-electron chi connectivity index (χ2n) is 4.79. The number of carbonyl (C=O) groups is 1. The summed E-state index contributed by atoms with van der Waals surface area (Å²) in [7, 11) is 1.35. The molecule has 1 aromatic heterocycles. The summed E-state index contributed by atoms with van der Waals surface area (Å²) in [6, 6.07) is 5.99. The largest absolute Gasteiger partial charge is 0.396 e. The molecule has 0 aliphatic carbocycles. The van der Waals surface area contributed by atoms with Crippen molar-refractivity contribution in [2.24, 2.45) is 0 Å². The highest BCUT2D eigenvalue weighted by Gasteiger charge is 2.38. The van der Waals surface area contributed by atoms with Gasteiger partial charge >= 0.3 is 0 Å². The van der Waals surface area contributed by atoms with Gasteiger partial charge in [-0.05, 0) is 13.0 Å². The Labute approximate surface area is 131 Å². The second kappa shape index (κ2) is 6.95. The number of aliphatic hydroxyl groups is 1. The third kappa shape index (κ3) is 3.32. The number of aromatic nitrogens is 1. The van der Waals surface area contributed by atoms with E-state index in [0.717, 1.165) is 0 Å². The summed E-state index contributed by atoms with van der Waals surface area (Å²) >= 11 is 1.24. The van der Waals surface area contributed by atoms with Crippen LogP contribution in [0.4, 0.5) is 9.52 Å². The molecule has 5 nitrogen and oxygen atoms in total. The summed E-state index contributed by atoms with van der Waals surface area (Å²) in [6.07, 6.45) is 0.418. The number of benzene rings is 1. The van der Waals surface area contributed by atoms with Gasteiger partial charge in [0.1, 0.15) is 5.82 Å². The molecule has 2 N–H and O–H groups in total. The van der Waals surface area contributed by atoms with Gasteiger partial charge in [0.25, 0.3) is 5.91 Å². The Morgan fingerprint density at radius 1 is 1.50 bits per heavy atom. The number of rotatable bonds is 6. The number of methoxy groups -OCH3 is 1. The van der Waals surface area contributed by atoms with E-state index in [0.29, 0.717) is 17.2 Å². The van der Waals surface area contributed by atoms with Crippen LogP contribution in [0.1, 0.15) is 18.2 Å². The lowest BCUT2D eigenvalue weighted by Gasteiger charge is -2.27. The van der Waals surface area contributed by atoms with Crippen LogP contribution in [-0.2, 0) is 21.6 Å². The first-order valence-corrected chi connectivity index (χ1v) is 7.56. The number of anilines is 1. The summed E-state index contributed by atoms with van der Waals surface area (Å²) in [6.45, 7) is 1.49. The number of amides is 1. The van der Waals surface area contributed by atoms with Gasteiger partial charge in [0.05, 0.1) is 5.69 Å². The highest BCUT2D eigenvalue weighted by molar-refractivity contribution is 7.13. The van der Waals surface area contributed by atoms with E-state index in [9.17, 15) is 9.18 Å². The maximum absolute atomic E-state index is 14.0. The van der Waals surface area contributed by atoms with E-state index < -0.39 is 17.3 Å². The first-order valence-electron chi connectivity index (χ1n) is 6.68. The molecule has 0 unspecified atom stereocenters. The van der Waals surface area contributed by atoms with Crippen molar-refractivity contribution in [1.29, 1.82) is 0 Å². The maximum atomic E-state index is 14.0. The Bertz CT molecular complexity index is 662. The van der Waals surface area contributed by atoms with Gasteiger partial charge in [-0.2, -0.15) is 0 Å². The lowest BCUT2D eigenvalue weighted by Crippen LogP contribution is -2.40. The molecule has 2 rings (SSSR count). The van der Waals surface area contributed by atoms with Crippen LogP contribution in [0.3, 0.4) is 0 Å². The number of aliphatic hydroxyl groups excluding tert-OH is 1. The molecule has 0 saturated carbocycles. The van der Waals surface area contributed by atoms with Crippen molar-refractivity contribution in [1.82, 2.24) is 4.98 Å². The van der Waals surface area contributed by atoms with Gasteiger partial charge in [-0.3, -0.25) is 10.1 Å². The van der Waals surface area contributed by atoms with E-state index in [4.69, 9.17) is 9.84 Å². The highest BCUT2D eigenvalue weighted by Crippen LogP contribution is 2.29. The molecule has 1 atom stereocenters. The molecule has 22 heavy (non-hydrogen) atoms. The highest BCUT2D eigenvalue weighted by atomic mass is 32.1. The quantitative estimate of drug-likeness (QED) is 0.855. The molecule has 1 aromatic carbocycles. The van der Waals surface area contributed by atoms with Crippen LogP contribution in [0.2, 0.25) is 0 Å². The molecule has 0 fully saturated rings. The maximum Gasteiger partial charge on any atom is 0.262 e. The molecule has 0 radical (unpaired) electrons. The summed E-state index contributed by atoms with van der Waals surface area (Å²) in [5, 5.41) is 13.6. The van der Waals surface area contributed by atoms with Crippen LogP contribution >= 0.6 is 11.3 Å². The first kappa shape index (κ1) is 16.5. The monoisotopic (exact) mass is 324 g/mol. The molecule has 0 aliphatic heterocycles. The van der Waals surface area contributed by atoms with Gasteiger partial charge in [0, 0.05) is 31.1 Å². The fourth-order valence-electron chi connectivity index (χ4n) is 1.98. The molecule has 0 saturated heterocycles. The van der Waals surface area contributed by atoms with Crippen molar-refractivity contribution in [3.05, 3.63) is 46.7 Å². The minimum Gasteiger partial charge on any atom is -0.396 e. The van der Waals surface area contributed by atoms with Crippen LogP contribution in [0.15, 0.2) is 29.6 Å².